The van der Waals surface area contributed by atoms with E-state index in [1.54, 1.807) is 0 Å². The zero-order valence-corrected chi connectivity index (χ0v) is 16.0. The fourth-order valence-electron chi connectivity index (χ4n) is 5.01. The van der Waals surface area contributed by atoms with E-state index in [0.717, 1.165) is 44.3 Å². The van der Waals surface area contributed by atoms with Crippen molar-refractivity contribution >= 4 is 5.96 Å². The number of guanidine groups is 1. The molecule has 3 aliphatic rings. The maximum absolute atomic E-state index is 6.10. The average molecular weight is 345 g/mol. The molecular formula is C19H31N5O. The van der Waals surface area contributed by atoms with Crippen molar-refractivity contribution in [3.63, 3.8) is 0 Å². The van der Waals surface area contributed by atoms with Gasteiger partial charge in [-0.25, -0.2) is 0 Å². The molecule has 0 amide bonds. The van der Waals surface area contributed by atoms with Crippen LogP contribution in [0.4, 0.5) is 0 Å². The van der Waals surface area contributed by atoms with Gasteiger partial charge in [-0.05, 0) is 45.6 Å². The third kappa shape index (κ3) is 2.94. The van der Waals surface area contributed by atoms with E-state index in [0.29, 0.717) is 24.0 Å². The van der Waals surface area contributed by atoms with Crippen molar-refractivity contribution in [1.82, 2.24) is 20.0 Å². The quantitative estimate of drug-likeness (QED) is 0.666. The SMILES string of the molecule is CCNC(=NCCc1c(C)nn(C)c1C)N1CC2C3CCC(O3)C2C1. The van der Waals surface area contributed by atoms with Crippen LogP contribution in [-0.4, -0.2) is 59.0 Å². The normalized spacial score (nSPS) is 31.0. The van der Waals surface area contributed by atoms with Crippen molar-refractivity contribution in [3.8, 4) is 0 Å². The molecule has 3 saturated heterocycles. The molecule has 1 N–H and O–H groups in total. The highest BCUT2D eigenvalue weighted by molar-refractivity contribution is 5.80. The smallest absolute Gasteiger partial charge is 0.193 e. The largest absolute Gasteiger partial charge is 0.374 e. The molecule has 0 saturated carbocycles. The summed E-state index contributed by atoms with van der Waals surface area (Å²) in [5.41, 5.74) is 3.72. The van der Waals surface area contributed by atoms with E-state index < -0.39 is 0 Å². The Balaban J connectivity index is 1.42. The lowest BCUT2D eigenvalue weighted by molar-refractivity contribution is 0.0767. The molecule has 138 valence electrons. The van der Waals surface area contributed by atoms with Crippen LogP contribution in [0.1, 0.15) is 36.7 Å². The molecule has 6 nitrogen and oxygen atoms in total. The van der Waals surface area contributed by atoms with E-state index >= 15 is 0 Å². The number of nitrogens with zero attached hydrogens (tertiary/aromatic N) is 4. The first kappa shape index (κ1) is 16.9. The van der Waals surface area contributed by atoms with Crippen molar-refractivity contribution in [2.45, 2.75) is 52.2 Å². The van der Waals surface area contributed by atoms with Gasteiger partial charge in [-0.1, -0.05) is 0 Å². The monoisotopic (exact) mass is 345 g/mol. The summed E-state index contributed by atoms with van der Waals surface area (Å²) in [4.78, 5) is 7.40. The van der Waals surface area contributed by atoms with Gasteiger partial charge < -0.3 is 15.0 Å². The molecule has 4 unspecified atom stereocenters. The van der Waals surface area contributed by atoms with E-state index in [2.05, 4.69) is 36.1 Å². The summed E-state index contributed by atoms with van der Waals surface area (Å²) >= 11 is 0. The Bertz CT molecular complexity index is 649. The minimum Gasteiger partial charge on any atom is -0.374 e. The Morgan fingerprint density at radius 1 is 1.24 bits per heavy atom. The predicted molar refractivity (Wildman–Crippen MR) is 98.8 cm³/mol. The molecular weight excluding hydrogens is 314 g/mol. The number of fused-ring (bicyclic) bond motifs is 5. The highest BCUT2D eigenvalue weighted by Crippen LogP contribution is 2.47. The molecule has 4 atom stereocenters. The van der Waals surface area contributed by atoms with Crippen LogP contribution in [0.25, 0.3) is 0 Å². The molecule has 3 fully saturated rings. The topological polar surface area (TPSA) is 54.7 Å². The third-order valence-electron chi connectivity index (χ3n) is 6.37. The molecule has 1 aromatic rings. The molecule has 3 aliphatic heterocycles. The van der Waals surface area contributed by atoms with E-state index in [-0.39, 0.29) is 0 Å². The van der Waals surface area contributed by atoms with Crippen LogP contribution in [-0.2, 0) is 18.2 Å². The third-order valence-corrected chi connectivity index (χ3v) is 6.37. The van der Waals surface area contributed by atoms with E-state index in [1.807, 2.05) is 11.7 Å². The lowest BCUT2D eigenvalue weighted by Crippen LogP contribution is -2.41. The van der Waals surface area contributed by atoms with Gasteiger partial charge in [-0.15, -0.1) is 0 Å². The second kappa shape index (κ2) is 6.63. The van der Waals surface area contributed by atoms with Crippen molar-refractivity contribution in [3.05, 3.63) is 17.0 Å². The average Bonchev–Trinajstić information content (AvgIpc) is 3.32. The minimum atomic E-state index is 0.503. The minimum absolute atomic E-state index is 0.503. The van der Waals surface area contributed by atoms with Crippen molar-refractivity contribution < 1.29 is 4.74 Å². The van der Waals surface area contributed by atoms with Crippen molar-refractivity contribution in [2.75, 3.05) is 26.2 Å². The van der Waals surface area contributed by atoms with Crippen LogP contribution in [0.5, 0.6) is 0 Å². The van der Waals surface area contributed by atoms with Gasteiger partial charge in [0.25, 0.3) is 0 Å². The Morgan fingerprint density at radius 2 is 1.92 bits per heavy atom. The van der Waals surface area contributed by atoms with Gasteiger partial charge in [-0.2, -0.15) is 5.10 Å². The summed E-state index contributed by atoms with van der Waals surface area (Å²) < 4.78 is 8.07. The first-order valence-corrected chi connectivity index (χ1v) is 9.76. The van der Waals surface area contributed by atoms with Gasteiger partial charge in [0.2, 0.25) is 0 Å². The van der Waals surface area contributed by atoms with Crippen molar-refractivity contribution in [2.24, 2.45) is 23.9 Å². The summed E-state index contributed by atoms with van der Waals surface area (Å²) in [7, 11) is 2.01. The number of likely N-dealkylation sites (tertiary alicyclic amines) is 1. The fraction of sp³-hybridized carbons (Fsp3) is 0.789. The zero-order chi connectivity index (χ0) is 17.6. The summed E-state index contributed by atoms with van der Waals surface area (Å²) in [6.07, 6.45) is 4.47. The first-order chi connectivity index (χ1) is 12.1. The van der Waals surface area contributed by atoms with E-state index in [4.69, 9.17) is 9.73 Å². The molecule has 4 rings (SSSR count). The van der Waals surface area contributed by atoms with Crippen molar-refractivity contribution in [1.29, 1.82) is 0 Å². The molecule has 4 heterocycles. The second-order valence-corrected chi connectivity index (χ2v) is 7.78. The number of aryl methyl sites for hydroxylation is 2. The van der Waals surface area contributed by atoms with Crippen LogP contribution < -0.4 is 5.32 Å². The van der Waals surface area contributed by atoms with Crippen LogP contribution in [0.2, 0.25) is 0 Å². The Labute approximate surface area is 150 Å². The lowest BCUT2D eigenvalue weighted by atomic mass is 9.82. The number of hydrogen-bond acceptors (Lipinski definition) is 3. The lowest BCUT2D eigenvalue weighted by Gasteiger charge is -2.23. The molecule has 25 heavy (non-hydrogen) atoms. The number of ether oxygens (including phenoxy) is 1. The standard InChI is InChI=1S/C19H31N5O/c1-5-20-19(21-9-8-14-12(2)22-23(4)13(14)3)24-10-15-16(11-24)18-7-6-17(15)25-18/h15-18H,5-11H2,1-4H3,(H,20,21). The molecule has 2 bridgehead atoms. The highest BCUT2D eigenvalue weighted by atomic mass is 16.5. The maximum atomic E-state index is 6.10. The second-order valence-electron chi connectivity index (χ2n) is 7.78. The van der Waals surface area contributed by atoms with Crippen LogP contribution in [0, 0.1) is 25.7 Å². The molecule has 6 heteroatoms. The van der Waals surface area contributed by atoms with Gasteiger partial charge in [0, 0.05) is 50.8 Å². The summed E-state index contributed by atoms with van der Waals surface area (Å²) in [6.45, 7) is 10.3. The van der Waals surface area contributed by atoms with E-state index in [9.17, 15) is 0 Å². The first-order valence-electron chi connectivity index (χ1n) is 9.76. The Kier molecular flexibility index (Phi) is 4.48. The van der Waals surface area contributed by atoms with E-state index in [1.165, 1.54) is 24.1 Å². The van der Waals surface area contributed by atoms with Gasteiger partial charge in [0.1, 0.15) is 0 Å². The highest BCUT2D eigenvalue weighted by Gasteiger charge is 2.53. The molecule has 1 aromatic heterocycles. The number of nitrogens with one attached hydrogen (secondary N) is 1. The van der Waals surface area contributed by atoms with Crippen LogP contribution in [0.3, 0.4) is 0 Å². The van der Waals surface area contributed by atoms with Crippen LogP contribution >= 0.6 is 0 Å². The number of hydrogen-bond donors (Lipinski definition) is 1. The molecule has 0 spiro atoms. The summed E-state index contributed by atoms with van der Waals surface area (Å²) in [5.74, 6) is 2.51. The van der Waals surface area contributed by atoms with Gasteiger partial charge in [0.05, 0.1) is 17.9 Å². The zero-order valence-electron chi connectivity index (χ0n) is 16.0. The Hall–Kier alpha value is -1.56. The number of aliphatic imine (C=N–C) groups is 1. The molecule has 0 aliphatic carbocycles. The van der Waals surface area contributed by atoms with Crippen LogP contribution in [0.15, 0.2) is 4.99 Å². The summed E-state index contributed by atoms with van der Waals surface area (Å²) in [6, 6.07) is 0. The Morgan fingerprint density at radius 3 is 2.48 bits per heavy atom. The van der Waals surface area contributed by atoms with Gasteiger partial charge >= 0.3 is 0 Å². The predicted octanol–water partition coefficient (Wildman–Crippen LogP) is 1.65. The number of rotatable bonds is 4. The maximum Gasteiger partial charge on any atom is 0.193 e. The molecule has 0 radical (unpaired) electrons. The van der Waals surface area contributed by atoms with Gasteiger partial charge in [-0.3, -0.25) is 9.67 Å². The fourth-order valence-corrected chi connectivity index (χ4v) is 5.01. The van der Waals surface area contributed by atoms with Gasteiger partial charge in [0.15, 0.2) is 5.96 Å². The molecule has 0 aromatic carbocycles. The number of aromatic nitrogens is 2. The summed E-state index contributed by atoms with van der Waals surface area (Å²) in [5, 5.41) is 8.01.